The number of halogens is 6. The van der Waals surface area contributed by atoms with E-state index < -0.39 is 41.7 Å². The lowest BCUT2D eigenvalue weighted by molar-refractivity contribution is -0.138. The summed E-state index contributed by atoms with van der Waals surface area (Å²) in [5, 5.41) is 12.5. The van der Waals surface area contributed by atoms with Crippen LogP contribution in [0.1, 0.15) is 66.2 Å². The zero-order valence-electron chi connectivity index (χ0n) is 25.6. The summed E-state index contributed by atoms with van der Waals surface area (Å²) in [6.45, 7) is 5.35. The number of fused-ring (bicyclic) bond motifs is 1. The first kappa shape index (κ1) is 33.8. The van der Waals surface area contributed by atoms with Gasteiger partial charge in [-0.3, -0.25) is 4.90 Å². The number of rotatable bonds is 7. The number of nitrogens with one attached hydrogen (secondary N) is 1. The van der Waals surface area contributed by atoms with Crippen LogP contribution in [0.2, 0.25) is 0 Å². The normalized spacial score (nSPS) is 18.4. The lowest BCUT2D eigenvalue weighted by Gasteiger charge is -2.40. The van der Waals surface area contributed by atoms with Crippen LogP contribution >= 0.6 is 0 Å². The van der Waals surface area contributed by atoms with Crippen molar-refractivity contribution in [2.24, 2.45) is 0 Å². The number of hydrogen-bond donors (Lipinski definition) is 1. The van der Waals surface area contributed by atoms with Crippen LogP contribution in [0.4, 0.5) is 48.5 Å². The maximum Gasteiger partial charge on any atom is 0.416 e. The van der Waals surface area contributed by atoms with Gasteiger partial charge in [0.05, 0.1) is 71.9 Å². The molecule has 0 saturated carbocycles. The van der Waals surface area contributed by atoms with Crippen molar-refractivity contribution < 1.29 is 40.6 Å². The van der Waals surface area contributed by atoms with Crippen LogP contribution in [0.25, 0.3) is 0 Å². The van der Waals surface area contributed by atoms with Crippen LogP contribution < -0.4 is 15.1 Å². The molecule has 3 heterocycles. The topological polar surface area (TPSA) is 104 Å². The molecule has 47 heavy (non-hydrogen) atoms. The minimum absolute atomic E-state index is 0.0392. The molecule has 250 valence electrons. The molecule has 9 nitrogen and oxygen atoms in total. The van der Waals surface area contributed by atoms with Crippen LogP contribution in [0.3, 0.4) is 0 Å². The van der Waals surface area contributed by atoms with Gasteiger partial charge in [0.1, 0.15) is 0 Å². The number of morpholine rings is 1. The molecule has 0 radical (unpaired) electrons. The van der Waals surface area contributed by atoms with E-state index in [2.05, 4.69) is 15.3 Å². The second-order valence-electron chi connectivity index (χ2n) is 11.2. The number of benzene rings is 2. The van der Waals surface area contributed by atoms with E-state index in [1.165, 1.54) is 23.2 Å². The van der Waals surface area contributed by atoms with Gasteiger partial charge in [-0.05, 0) is 67.3 Å². The Morgan fingerprint density at radius 3 is 2.40 bits per heavy atom. The predicted octanol–water partition coefficient (Wildman–Crippen LogP) is 7.11. The molecule has 1 N–H and O–H groups in total. The Bertz CT molecular complexity index is 1650. The molecule has 5 rings (SSSR count). The third-order valence-electron chi connectivity index (χ3n) is 8.12. The Kier molecular flexibility index (Phi) is 9.81. The highest BCUT2D eigenvalue weighted by molar-refractivity contribution is 5.90. The summed E-state index contributed by atoms with van der Waals surface area (Å²) in [5.41, 5.74) is -0.477. The lowest BCUT2D eigenvalue weighted by Crippen LogP contribution is -2.46. The second-order valence-corrected chi connectivity index (χ2v) is 11.2. The van der Waals surface area contributed by atoms with Gasteiger partial charge >= 0.3 is 18.4 Å². The molecule has 0 aliphatic carbocycles. The summed E-state index contributed by atoms with van der Waals surface area (Å²) in [6, 6.07) is 6.83. The maximum atomic E-state index is 13.8. The minimum atomic E-state index is -4.68. The van der Waals surface area contributed by atoms with Crippen LogP contribution in [-0.4, -0.2) is 55.0 Å². The van der Waals surface area contributed by atoms with Gasteiger partial charge in [-0.15, -0.1) is 0 Å². The molecule has 0 spiro atoms. The van der Waals surface area contributed by atoms with E-state index in [-0.39, 0.29) is 47.8 Å². The van der Waals surface area contributed by atoms with E-state index in [4.69, 9.17) is 9.47 Å². The molecule has 0 bridgehead atoms. The number of nitriles is 1. The number of amides is 1. The second kappa shape index (κ2) is 13.6. The summed E-state index contributed by atoms with van der Waals surface area (Å²) < 4.78 is 93.1. The Balaban J connectivity index is 1.56. The Hall–Kier alpha value is -4.58. The van der Waals surface area contributed by atoms with Crippen molar-refractivity contribution in [3.05, 3.63) is 76.1 Å². The molecule has 2 aromatic carbocycles. The largest absolute Gasteiger partial charge is 0.449 e. The first-order valence-electron chi connectivity index (χ1n) is 15.1. The van der Waals surface area contributed by atoms with Crippen LogP contribution in [0.15, 0.2) is 42.6 Å². The fourth-order valence-electron chi connectivity index (χ4n) is 5.91. The van der Waals surface area contributed by atoms with Gasteiger partial charge in [-0.25, -0.2) is 14.8 Å². The lowest BCUT2D eigenvalue weighted by atomic mass is 9.89. The molecule has 2 aliphatic heterocycles. The van der Waals surface area contributed by atoms with Gasteiger partial charge in [0.25, 0.3) is 0 Å². The Morgan fingerprint density at radius 2 is 1.77 bits per heavy atom. The summed E-state index contributed by atoms with van der Waals surface area (Å²) in [6.07, 6.45) is -7.90. The fraction of sp³-hybridized carbons (Fsp3) is 0.438. The van der Waals surface area contributed by atoms with Crippen molar-refractivity contribution in [1.29, 1.82) is 5.26 Å². The first-order valence-corrected chi connectivity index (χ1v) is 15.1. The van der Waals surface area contributed by atoms with Crippen molar-refractivity contribution >= 4 is 23.4 Å². The van der Waals surface area contributed by atoms with E-state index in [0.717, 1.165) is 24.3 Å². The van der Waals surface area contributed by atoms with E-state index in [1.54, 1.807) is 13.0 Å². The molecule has 15 heteroatoms. The Labute approximate surface area is 267 Å². The number of ether oxygens (including phenoxy) is 2. The molecule has 0 unspecified atom stereocenters. The molecule has 3 aromatic rings. The van der Waals surface area contributed by atoms with Crippen LogP contribution in [-0.2, 0) is 28.2 Å². The fourth-order valence-corrected chi connectivity index (χ4v) is 5.91. The van der Waals surface area contributed by atoms with Crippen molar-refractivity contribution in [3.63, 3.8) is 0 Å². The highest BCUT2D eigenvalue weighted by atomic mass is 19.4. The van der Waals surface area contributed by atoms with E-state index >= 15 is 0 Å². The van der Waals surface area contributed by atoms with Crippen LogP contribution in [0, 0.1) is 11.3 Å². The number of nitrogens with zero attached hydrogens (tertiary/aromatic N) is 5. The molecular weight excluding hydrogens is 630 g/mol. The zero-order valence-corrected chi connectivity index (χ0v) is 25.6. The summed E-state index contributed by atoms with van der Waals surface area (Å²) >= 11 is 0. The van der Waals surface area contributed by atoms with E-state index in [1.807, 2.05) is 11.8 Å². The zero-order chi connectivity index (χ0) is 33.9. The molecule has 1 aromatic heterocycles. The van der Waals surface area contributed by atoms with Gasteiger partial charge in [0.2, 0.25) is 5.95 Å². The van der Waals surface area contributed by atoms with Gasteiger partial charge in [0, 0.05) is 25.6 Å². The average molecular weight is 663 g/mol. The molecule has 2 aliphatic rings. The van der Waals surface area contributed by atoms with Crippen molar-refractivity contribution in [2.45, 2.75) is 57.5 Å². The molecule has 2 atom stereocenters. The highest BCUT2D eigenvalue weighted by Gasteiger charge is 2.39. The van der Waals surface area contributed by atoms with Gasteiger partial charge in [-0.2, -0.15) is 31.6 Å². The van der Waals surface area contributed by atoms with Crippen LogP contribution in [0.5, 0.6) is 0 Å². The van der Waals surface area contributed by atoms with E-state index in [9.17, 15) is 36.4 Å². The quantitative estimate of drug-likeness (QED) is 0.267. The van der Waals surface area contributed by atoms with Crippen molar-refractivity contribution in [1.82, 2.24) is 9.97 Å². The Morgan fingerprint density at radius 1 is 1.04 bits per heavy atom. The number of carbonyl (C=O) groups excluding carboxylic acids is 1. The third kappa shape index (κ3) is 7.54. The average Bonchev–Trinajstić information content (AvgIpc) is 3.04. The summed E-state index contributed by atoms with van der Waals surface area (Å²) in [7, 11) is 0. The summed E-state index contributed by atoms with van der Waals surface area (Å²) in [4.78, 5) is 25.4. The van der Waals surface area contributed by atoms with E-state index in [0.29, 0.717) is 44.1 Å². The molecule has 1 fully saturated rings. The molecular formula is C32H32F6N6O3. The standard InChI is InChI=1S/C32H32F6N6O3/c1-3-23-16-25(24-15-21(31(33,34)35)5-6-27(24)44(23)30(45)47-4-2)41-29-40-18-28(43-7-9-46-10-8-43)26(42-29)14-19-11-20(17-39)13-22(12-19)32(36,37)38/h5-6,11-13,15,18,23,25H,3-4,7-10,14,16H2,1-2H3,(H,40,41,42)/t23-,25+/m1/s1. The minimum Gasteiger partial charge on any atom is -0.449 e. The first-order chi connectivity index (χ1) is 22.3. The number of carbonyl (C=O) groups is 1. The SMILES string of the molecule is CCOC(=O)N1c2ccc(C(F)(F)F)cc2[C@@H](Nc2ncc(N3CCOCC3)c(Cc3cc(C#N)cc(C(F)(F)F)c3)n2)C[C@H]1CC. The van der Waals surface area contributed by atoms with Crippen molar-refractivity contribution in [2.75, 3.05) is 48.0 Å². The summed E-state index contributed by atoms with van der Waals surface area (Å²) in [5.74, 6) is 0.0392. The predicted molar refractivity (Wildman–Crippen MR) is 160 cm³/mol. The van der Waals surface area contributed by atoms with Crippen molar-refractivity contribution in [3.8, 4) is 6.07 Å². The highest BCUT2D eigenvalue weighted by Crippen LogP contribution is 2.43. The maximum absolute atomic E-state index is 13.8. The molecule has 1 saturated heterocycles. The van der Waals surface area contributed by atoms with Gasteiger partial charge in [0.15, 0.2) is 0 Å². The number of hydrogen-bond acceptors (Lipinski definition) is 8. The molecule has 1 amide bonds. The van der Waals surface area contributed by atoms with Gasteiger partial charge in [-0.1, -0.05) is 6.92 Å². The third-order valence-corrected chi connectivity index (χ3v) is 8.12. The number of aromatic nitrogens is 2. The number of anilines is 3. The number of alkyl halides is 6. The smallest absolute Gasteiger partial charge is 0.416 e. The monoisotopic (exact) mass is 662 g/mol. The van der Waals surface area contributed by atoms with Gasteiger partial charge < -0.3 is 19.7 Å².